The van der Waals surface area contributed by atoms with E-state index in [0.717, 1.165) is 24.3 Å². The van der Waals surface area contributed by atoms with Gasteiger partial charge in [0.15, 0.2) is 5.78 Å². The smallest absolute Gasteiger partial charge is 0.406 e. The van der Waals surface area contributed by atoms with Gasteiger partial charge >= 0.3 is 19.4 Å². The first-order valence-corrected chi connectivity index (χ1v) is 16.8. The molecule has 264 valence electrons. The van der Waals surface area contributed by atoms with Crippen molar-refractivity contribution >= 4 is 19.2 Å². The van der Waals surface area contributed by atoms with E-state index in [-0.39, 0.29) is 34.4 Å². The standard InChI is InChI=1S/C33H30F4N3O9P/c34-20-4-2-19(3-5-20)24-11-9-23(15-26(24)35)48-29-13-18(1-12-27(29)40(43)44)16-46-50(45,39-22-7-8-22)47-17-30-31(42)33(36,37)32(49-30)25-10-6-21(38)14-28(25)41/h1-6,9-15,22,25,30-32,42H,7-8,16-17,38H2,(H,39,45). The number of halogens is 4. The van der Waals surface area contributed by atoms with Crippen LogP contribution in [0.3, 0.4) is 0 Å². The van der Waals surface area contributed by atoms with Gasteiger partial charge in [-0.15, -0.1) is 0 Å². The number of rotatable bonds is 13. The molecule has 0 radical (unpaired) electrons. The summed E-state index contributed by atoms with van der Waals surface area (Å²) >= 11 is 0. The van der Waals surface area contributed by atoms with Gasteiger partial charge in [0.2, 0.25) is 5.75 Å². The summed E-state index contributed by atoms with van der Waals surface area (Å²) in [4.78, 5) is 23.4. The van der Waals surface area contributed by atoms with Crippen molar-refractivity contribution in [3.8, 4) is 22.6 Å². The highest BCUT2D eigenvalue weighted by Crippen LogP contribution is 2.50. The number of ether oxygens (including phenoxy) is 2. The van der Waals surface area contributed by atoms with Gasteiger partial charge in [0.1, 0.15) is 35.7 Å². The Bertz CT molecular complexity index is 1910. The predicted molar refractivity (Wildman–Crippen MR) is 169 cm³/mol. The molecule has 50 heavy (non-hydrogen) atoms. The van der Waals surface area contributed by atoms with Crippen molar-refractivity contribution in [2.24, 2.45) is 11.7 Å². The molecule has 5 atom stereocenters. The fourth-order valence-electron chi connectivity index (χ4n) is 5.40. The summed E-state index contributed by atoms with van der Waals surface area (Å²) in [5.41, 5.74) is 5.92. The lowest BCUT2D eigenvalue weighted by Crippen LogP contribution is -2.45. The van der Waals surface area contributed by atoms with Gasteiger partial charge in [0.25, 0.3) is 0 Å². The summed E-state index contributed by atoms with van der Waals surface area (Å²) in [6.07, 6.45) is -1.46. The summed E-state index contributed by atoms with van der Waals surface area (Å²) in [6, 6.07) is 12.2. The SMILES string of the molecule is NC1=CC(=O)C(C2OC(COP(=O)(NC3CC3)OCc3ccc([N+](=O)[O-])c(Oc4ccc(-c5ccc(F)cc5)c(F)c4)c3)C(O)C2(F)F)C=C1. The van der Waals surface area contributed by atoms with Gasteiger partial charge in [0, 0.05) is 35.5 Å². The molecule has 2 fully saturated rings. The van der Waals surface area contributed by atoms with Crippen LogP contribution in [0.25, 0.3) is 11.1 Å². The zero-order valence-electron chi connectivity index (χ0n) is 25.9. The number of nitro groups is 1. The van der Waals surface area contributed by atoms with E-state index >= 15 is 8.78 Å². The van der Waals surface area contributed by atoms with Crippen molar-refractivity contribution in [2.75, 3.05) is 6.61 Å². The Morgan fingerprint density at radius 1 is 1.08 bits per heavy atom. The molecule has 5 unspecified atom stereocenters. The summed E-state index contributed by atoms with van der Waals surface area (Å²) in [5.74, 6) is -7.63. The van der Waals surface area contributed by atoms with E-state index in [1.165, 1.54) is 54.6 Å². The molecule has 6 rings (SSSR count). The maximum atomic E-state index is 15.1. The highest BCUT2D eigenvalue weighted by atomic mass is 31.2. The molecule has 0 aromatic heterocycles. The van der Waals surface area contributed by atoms with Crippen molar-refractivity contribution in [2.45, 2.75) is 49.7 Å². The maximum absolute atomic E-state index is 15.1. The first kappa shape index (κ1) is 35.4. The molecule has 0 amide bonds. The average Bonchev–Trinajstić information content (AvgIpc) is 3.84. The van der Waals surface area contributed by atoms with Gasteiger partial charge in [-0.25, -0.2) is 27.2 Å². The fraction of sp³-hybridized carbons (Fsp3) is 0.303. The van der Waals surface area contributed by atoms with Crippen LogP contribution in [-0.2, 0) is 29.8 Å². The average molecular weight is 720 g/mol. The molecule has 0 spiro atoms. The number of carbonyl (C=O) groups excluding carboxylic acids is 1. The fourth-order valence-corrected chi connectivity index (χ4v) is 6.99. The summed E-state index contributed by atoms with van der Waals surface area (Å²) in [7, 11) is -4.27. The lowest BCUT2D eigenvalue weighted by Gasteiger charge is -2.25. The predicted octanol–water partition coefficient (Wildman–Crippen LogP) is 6.09. The normalized spacial score (nSPS) is 24.1. The molecule has 3 aromatic rings. The van der Waals surface area contributed by atoms with Crippen LogP contribution in [0.15, 0.2) is 84.6 Å². The number of hydrogen-bond donors (Lipinski definition) is 3. The molecule has 2 aliphatic carbocycles. The summed E-state index contributed by atoms with van der Waals surface area (Å²) < 4.78 is 94.2. The monoisotopic (exact) mass is 719 g/mol. The van der Waals surface area contributed by atoms with Gasteiger partial charge in [-0.3, -0.25) is 24.0 Å². The van der Waals surface area contributed by atoms with Crippen LogP contribution in [-0.4, -0.2) is 52.7 Å². The van der Waals surface area contributed by atoms with Gasteiger partial charge in [-0.1, -0.05) is 18.2 Å². The van der Waals surface area contributed by atoms with Gasteiger partial charge in [-0.2, -0.15) is 0 Å². The number of carbonyl (C=O) groups is 1. The zero-order chi connectivity index (χ0) is 35.8. The van der Waals surface area contributed by atoms with Crippen LogP contribution in [0.5, 0.6) is 11.5 Å². The van der Waals surface area contributed by atoms with Crippen LogP contribution < -0.4 is 15.6 Å². The lowest BCUT2D eigenvalue weighted by atomic mass is 9.88. The molecule has 3 aromatic carbocycles. The second-order valence-corrected chi connectivity index (χ2v) is 13.7. The third-order valence-electron chi connectivity index (χ3n) is 8.18. The molecule has 3 aliphatic rings. The molecule has 12 nitrogen and oxygen atoms in total. The third kappa shape index (κ3) is 7.80. The van der Waals surface area contributed by atoms with Gasteiger partial charge in [0.05, 0.1) is 24.1 Å². The quantitative estimate of drug-likeness (QED) is 0.0808. The van der Waals surface area contributed by atoms with Gasteiger partial charge < -0.3 is 20.3 Å². The molecular weight excluding hydrogens is 689 g/mol. The van der Waals surface area contributed by atoms with E-state index < -0.39 is 79.1 Å². The number of nitrogens with one attached hydrogen (secondary N) is 1. The van der Waals surface area contributed by atoms with Crippen molar-refractivity contribution in [3.05, 3.63) is 112 Å². The Morgan fingerprint density at radius 3 is 2.48 bits per heavy atom. The highest BCUT2D eigenvalue weighted by Gasteiger charge is 2.61. The summed E-state index contributed by atoms with van der Waals surface area (Å²) in [6.45, 7) is -1.27. The van der Waals surface area contributed by atoms with E-state index in [2.05, 4.69) is 5.09 Å². The first-order chi connectivity index (χ1) is 23.7. The Labute approximate surface area is 282 Å². The number of aliphatic hydroxyl groups is 1. The van der Waals surface area contributed by atoms with E-state index in [1.807, 2.05) is 0 Å². The molecule has 4 N–H and O–H groups in total. The van der Waals surface area contributed by atoms with Crippen LogP contribution >= 0.6 is 7.75 Å². The molecule has 1 aliphatic heterocycles. The van der Waals surface area contributed by atoms with Gasteiger partial charge in [-0.05, 0) is 66.4 Å². The number of alkyl halides is 2. The lowest BCUT2D eigenvalue weighted by molar-refractivity contribution is -0.385. The van der Waals surface area contributed by atoms with Crippen LogP contribution in [0.2, 0.25) is 0 Å². The minimum absolute atomic E-state index is 0.0787. The van der Waals surface area contributed by atoms with E-state index in [0.29, 0.717) is 18.4 Å². The zero-order valence-corrected chi connectivity index (χ0v) is 26.8. The van der Waals surface area contributed by atoms with Crippen LogP contribution in [0.4, 0.5) is 23.2 Å². The minimum Gasteiger partial charge on any atom is -0.450 e. The number of benzene rings is 3. The molecule has 0 bridgehead atoms. The first-order valence-electron chi connectivity index (χ1n) is 15.3. The number of nitrogens with two attached hydrogens (primary N) is 1. The Balaban J connectivity index is 1.15. The second kappa shape index (κ2) is 14.1. The molecule has 1 saturated carbocycles. The number of ketones is 1. The number of allylic oxidation sites excluding steroid dienone is 2. The topological polar surface area (TPSA) is 172 Å². The second-order valence-electron chi connectivity index (χ2n) is 11.9. The van der Waals surface area contributed by atoms with E-state index in [9.17, 15) is 33.4 Å². The van der Waals surface area contributed by atoms with Crippen molar-refractivity contribution in [1.29, 1.82) is 0 Å². The maximum Gasteiger partial charge on any atom is 0.406 e. The molecular formula is C33H30F4N3O9P. The number of hydrogen-bond acceptors (Lipinski definition) is 10. The molecule has 1 heterocycles. The Hall–Kier alpha value is -4.44. The molecule has 17 heteroatoms. The van der Waals surface area contributed by atoms with Crippen molar-refractivity contribution in [3.63, 3.8) is 0 Å². The number of aliphatic hydroxyl groups excluding tert-OH is 1. The van der Waals surface area contributed by atoms with Crippen LogP contribution in [0, 0.1) is 27.7 Å². The number of nitro benzene ring substituents is 1. The largest absolute Gasteiger partial charge is 0.450 e. The third-order valence-corrected chi connectivity index (χ3v) is 9.82. The minimum atomic E-state index is -4.27. The Kier molecular flexibility index (Phi) is 9.95. The van der Waals surface area contributed by atoms with E-state index in [1.54, 1.807) is 0 Å². The van der Waals surface area contributed by atoms with Crippen LogP contribution in [0.1, 0.15) is 18.4 Å². The molecule has 1 saturated heterocycles. The Morgan fingerprint density at radius 2 is 1.82 bits per heavy atom. The summed E-state index contributed by atoms with van der Waals surface area (Å²) in [5, 5.41) is 24.8. The number of nitrogens with zero attached hydrogens (tertiary/aromatic N) is 1. The highest BCUT2D eigenvalue weighted by molar-refractivity contribution is 7.51. The van der Waals surface area contributed by atoms with Crippen molar-refractivity contribution in [1.82, 2.24) is 5.09 Å². The van der Waals surface area contributed by atoms with E-state index in [4.69, 9.17) is 24.3 Å². The van der Waals surface area contributed by atoms with Crippen molar-refractivity contribution < 1.29 is 55.5 Å².